The van der Waals surface area contributed by atoms with Gasteiger partial charge in [-0.15, -0.1) is 0 Å². The molecule has 150 valence electrons. The third kappa shape index (κ3) is 12.7. The molecule has 0 radical (unpaired) electrons. The van der Waals surface area contributed by atoms with Crippen LogP contribution in [0.15, 0.2) is 0 Å². The summed E-state index contributed by atoms with van der Waals surface area (Å²) in [6.07, 6.45) is 3.70. The normalized spacial score (nSPS) is 16.8. The van der Waals surface area contributed by atoms with Gasteiger partial charge in [0.15, 0.2) is 0 Å². The zero-order valence-corrected chi connectivity index (χ0v) is 16.5. The Balaban J connectivity index is 1.75. The van der Waals surface area contributed by atoms with E-state index in [2.05, 4.69) is 25.7 Å². The summed E-state index contributed by atoms with van der Waals surface area (Å²) in [5, 5.41) is 0. The average molecular weight is 362 g/mol. The summed E-state index contributed by atoms with van der Waals surface area (Å²) < 4.78 is 27.6. The van der Waals surface area contributed by atoms with Crippen LogP contribution in [0.25, 0.3) is 0 Å². The Hall–Kier alpha value is -0.240. The van der Waals surface area contributed by atoms with E-state index in [1.165, 1.54) is 0 Å². The molecule has 0 aromatic rings. The SMILES string of the molecule is CCCOCCOCCOCCOCCOC1CCN(C(C)C)CC1. The van der Waals surface area contributed by atoms with Crippen LogP contribution in [0.2, 0.25) is 0 Å². The van der Waals surface area contributed by atoms with E-state index in [1.807, 2.05) is 0 Å². The van der Waals surface area contributed by atoms with Crippen LogP contribution in [-0.4, -0.2) is 89.6 Å². The Bertz CT molecular complexity index is 283. The number of hydrogen-bond acceptors (Lipinski definition) is 6. The van der Waals surface area contributed by atoms with Gasteiger partial charge in [-0.1, -0.05) is 6.92 Å². The van der Waals surface area contributed by atoms with Gasteiger partial charge >= 0.3 is 0 Å². The fraction of sp³-hybridized carbons (Fsp3) is 1.00. The van der Waals surface area contributed by atoms with Crippen LogP contribution in [0.3, 0.4) is 0 Å². The van der Waals surface area contributed by atoms with Gasteiger partial charge < -0.3 is 28.6 Å². The van der Waals surface area contributed by atoms with Gasteiger partial charge in [0.25, 0.3) is 0 Å². The largest absolute Gasteiger partial charge is 0.379 e. The molecule has 1 aliphatic rings. The summed E-state index contributed by atoms with van der Waals surface area (Å²) in [6.45, 7) is 14.7. The minimum absolute atomic E-state index is 0.397. The molecule has 6 nitrogen and oxygen atoms in total. The van der Waals surface area contributed by atoms with Crippen LogP contribution < -0.4 is 0 Å². The van der Waals surface area contributed by atoms with Crippen LogP contribution in [0.5, 0.6) is 0 Å². The molecule has 0 saturated carbocycles. The molecule has 6 heteroatoms. The standard InChI is InChI=1S/C19H39NO5/c1-4-9-21-10-11-22-12-13-23-14-15-24-16-17-25-19-5-7-20(8-6-19)18(2)3/h18-19H,4-17H2,1-3H3. The highest BCUT2D eigenvalue weighted by Crippen LogP contribution is 2.15. The first-order valence-electron chi connectivity index (χ1n) is 9.90. The predicted octanol–water partition coefficient (Wildman–Crippen LogP) is 2.35. The molecule has 0 N–H and O–H groups in total. The van der Waals surface area contributed by atoms with E-state index >= 15 is 0 Å². The van der Waals surface area contributed by atoms with Gasteiger partial charge in [-0.3, -0.25) is 0 Å². The van der Waals surface area contributed by atoms with Gasteiger partial charge in [-0.25, -0.2) is 0 Å². The number of rotatable bonds is 16. The molecule has 0 unspecified atom stereocenters. The number of hydrogen-bond donors (Lipinski definition) is 0. The highest BCUT2D eigenvalue weighted by Gasteiger charge is 2.20. The van der Waals surface area contributed by atoms with Crippen molar-refractivity contribution in [2.45, 2.75) is 52.2 Å². The smallest absolute Gasteiger partial charge is 0.0704 e. The second-order valence-electron chi connectivity index (χ2n) is 6.65. The monoisotopic (exact) mass is 361 g/mol. The summed E-state index contributed by atoms with van der Waals surface area (Å²) in [5.41, 5.74) is 0. The summed E-state index contributed by atoms with van der Waals surface area (Å²) in [7, 11) is 0. The summed E-state index contributed by atoms with van der Waals surface area (Å²) in [6, 6.07) is 0.643. The lowest BCUT2D eigenvalue weighted by atomic mass is 10.1. The lowest BCUT2D eigenvalue weighted by Crippen LogP contribution is -2.41. The molecule has 0 bridgehead atoms. The zero-order valence-electron chi connectivity index (χ0n) is 16.5. The molecule has 1 aliphatic heterocycles. The van der Waals surface area contributed by atoms with E-state index < -0.39 is 0 Å². The first-order valence-corrected chi connectivity index (χ1v) is 9.90. The van der Waals surface area contributed by atoms with Crippen LogP contribution in [-0.2, 0) is 23.7 Å². The Kier molecular flexibility index (Phi) is 14.6. The van der Waals surface area contributed by atoms with E-state index in [0.717, 1.165) is 39.0 Å². The molecule has 0 aromatic heterocycles. The van der Waals surface area contributed by atoms with Crippen molar-refractivity contribution in [3.63, 3.8) is 0 Å². The number of likely N-dealkylation sites (tertiary alicyclic amines) is 1. The Labute approximate surface area is 154 Å². The summed E-state index contributed by atoms with van der Waals surface area (Å²) >= 11 is 0. The van der Waals surface area contributed by atoms with Gasteiger partial charge in [-0.05, 0) is 33.1 Å². The molecule has 0 atom stereocenters. The molecule has 1 fully saturated rings. The maximum atomic E-state index is 5.89. The van der Waals surface area contributed by atoms with Crippen molar-refractivity contribution in [2.24, 2.45) is 0 Å². The number of ether oxygens (including phenoxy) is 5. The van der Waals surface area contributed by atoms with Crippen molar-refractivity contribution in [1.29, 1.82) is 0 Å². The maximum Gasteiger partial charge on any atom is 0.0704 e. The van der Waals surface area contributed by atoms with Crippen LogP contribution in [0, 0.1) is 0 Å². The third-order valence-electron chi connectivity index (χ3n) is 4.25. The first kappa shape index (κ1) is 22.8. The second-order valence-corrected chi connectivity index (χ2v) is 6.65. The molecule has 0 aliphatic carbocycles. The minimum atomic E-state index is 0.397. The summed E-state index contributed by atoms with van der Waals surface area (Å²) in [5.74, 6) is 0. The molecule has 1 rings (SSSR count). The van der Waals surface area contributed by atoms with E-state index in [1.54, 1.807) is 0 Å². The third-order valence-corrected chi connectivity index (χ3v) is 4.25. The second kappa shape index (κ2) is 16.0. The molecule has 1 heterocycles. The average Bonchev–Trinajstić information content (AvgIpc) is 2.62. The number of piperidine rings is 1. The van der Waals surface area contributed by atoms with Gasteiger partial charge in [0.1, 0.15) is 0 Å². The topological polar surface area (TPSA) is 49.4 Å². The van der Waals surface area contributed by atoms with Gasteiger partial charge in [-0.2, -0.15) is 0 Å². The molecule has 0 spiro atoms. The van der Waals surface area contributed by atoms with Crippen molar-refractivity contribution in [2.75, 3.05) is 72.6 Å². The molecule has 0 aromatic carbocycles. The van der Waals surface area contributed by atoms with Gasteiger partial charge in [0, 0.05) is 25.7 Å². The van der Waals surface area contributed by atoms with Crippen LogP contribution in [0.1, 0.15) is 40.0 Å². The van der Waals surface area contributed by atoms with E-state index in [9.17, 15) is 0 Å². The fourth-order valence-corrected chi connectivity index (χ4v) is 2.74. The first-order chi connectivity index (χ1) is 12.2. The zero-order chi connectivity index (χ0) is 18.2. The van der Waals surface area contributed by atoms with Crippen molar-refractivity contribution in [1.82, 2.24) is 4.90 Å². The molecular weight excluding hydrogens is 322 g/mol. The minimum Gasteiger partial charge on any atom is -0.379 e. The Morgan fingerprint density at radius 3 is 1.60 bits per heavy atom. The highest BCUT2D eigenvalue weighted by atomic mass is 16.6. The maximum absolute atomic E-state index is 5.89. The quantitative estimate of drug-likeness (QED) is 0.393. The fourth-order valence-electron chi connectivity index (χ4n) is 2.74. The van der Waals surface area contributed by atoms with Crippen molar-refractivity contribution in [3.8, 4) is 0 Å². The summed E-state index contributed by atoms with van der Waals surface area (Å²) in [4.78, 5) is 2.51. The van der Waals surface area contributed by atoms with Crippen molar-refractivity contribution in [3.05, 3.63) is 0 Å². The molecule has 1 saturated heterocycles. The predicted molar refractivity (Wildman–Crippen MR) is 99.3 cm³/mol. The van der Waals surface area contributed by atoms with Gasteiger partial charge in [0.2, 0.25) is 0 Å². The number of nitrogens with zero attached hydrogens (tertiary/aromatic N) is 1. The van der Waals surface area contributed by atoms with E-state index in [0.29, 0.717) is 65.0 Å². The van der Waals surface area contributed by atoms with Crippen LogP contribution >= 0.6 is 0 Å². The van der Waals surface area contributed by atoms with Crippen molar-refractivity contribution >= 4 is 0 Å². The Morgan fingerprint density at radius 1 is 0.720 bits per heavy atom. The lowest BCUT2D eigenvalue weighted by molar-refractivity contribution is -0.0383. The lowest BCUT2D eigenvalue weighted by Gasteiger charge is -2.34. The van der Waals surface area contributed by atoms with E-state index in [4.69, 9.17) is 23.7 Å². The Morgan fingerprint density at radius 2 is 1.16 bits per heavy atom. The van der Waals surface area contributed by atoms with Crippen molar-refractivity contribution < 1.29 is 23.7 Å². The highest BCUT2D eigenvalue weighted by molar-refractivity contribution is 4.74. The van der Waals surface area contributed by atoms with Crippen LogP contribution in [0.4, 0.5) is 0 Å². The van der Waals surface area contributed by atoms with Gasteiger partial charge in [0.05, 0.1) is 59.0 Å². The van der Waals surface area contributed by atoms with E-state index in [-0.39, 0.29) is 0 Å². The molecule has 25 heavy (non-hydrogen) atoms. The molecular formula is C19H39NO5. The molecule has 0 amide bonds.